The van der Waals surface area contributed by atoms with Crippen molar-refractivity contribution in [1.82, 2.24) is 5.43 Å². The van der Waals surface area contributed by atoms with Gasteiger partial charge in [-0.1, -0.05) is 0 Å². The number of carbonyl (C=O) groups excluding carboxylic acids is 1. The summed E-state index contributed by atoms with van der Waals surface area (Å²) in [6, 6.07) is 6.73. The highest BCUT2D eigenvalue weighted by Crippen LogP contribution is 2.38. The Balaban J connectivity index is 2.23. The average Bonchev–Trinajstić information content (AvgIpc) is 3.04. The number of nitrogens with zero attached hydrogens (tertiary/aromatic N) is 1. The van der Waals surface area contributed by atoms with Gasteiger partial charge in [0.2, 0.25) is 5.75 Å². The Morgan fingerprint density at radius 2 is 1.71 bits per heavy atom. The molecule has 24 heavy (non-hydrogen) atoms. The first kappa shape index (κ1) is 17.4. The predicted octanol–water partition coefficient (Wildman–Crippen LogP) is 2.77. The standard InChI is InChI=1S/C17H20N2O5/c1-10-6-7-13(24-10)11(2)18-19-17(20)12-8-14(21-3)16(23-5)15(9-12)22-4/h6-9H,1-5H3,(H,19,20)/b18-11+. The summed E-state index contributed by atoms with van der Waals surface area (Å²) in [4.78, 5) is 12.3. The van der Waals surface area contributed by atoms with Crippen molar-refractivity contribution in [1.29, 1.82) is 0 Å². The van der Waals surface area contributed by atoms with Crippen LogP contribution in [-0.4, -0.2) is 32.9 Å². The van der Waals surface area contributed by atoms with Crippen molar-refractivity contribution >= 4 is 11.6 Å². The van der Waals surface area contributed by atoms with Crippen molar-refractivity contribution in [2.75, 3.05) is 21.3 Å². The van der Waals surface area contributed by atoms with Crippen LogP contribution in [0.25, 0.3) is 0 Å². The van der Waals surface area contributed by atoms with Crippen molar-refractivity contribution in [2.45, 2.75) is 13.8 Å². The highest BCUT2D eigenvalue weighted by atomic mass is 16.5. The SMILES string of the molecule is COc1cc(C(=O)N/N=C(\C)c2ccc(C)o2)cc(OC)c1OC. The molecule has 0 spiro atoms. The van der Waals surface area contributed by atoms with Gasteiger partial charge in [0.15, 0.2) is 11.5 Å². The number of rotatable bonds is 6. The minimum Gasteiger partial charge on any atom is -0.493 e. The van der Waals surface area contributed by atoms with E-state index in [9.17, 15) is 4.79 Å². The van der Waals surface area contributed by atoms with Crippen molar-refractivity contribution in [3.8, 4) is 17.2 Å². The molecule has 7 heteroatoms. The van der Waals surface area contributed by atoms with Gasteiger partial charge in [-0.05, 0) is 38.1 Å². The molecule has 1 heterocycles. The predicted molar refractivity (Wildman–Crippen MR) is 89.2 cm³/mol. The molecule has 2 rings (SSSR count). The Morgan fingerprint density at radius 3 is 2.17 bits per heavy atom. The molecule has 1 aromatic carbocycles. The molecule has 0 atom stereocenters. The Labute approximate surface area is 140 Å². The Morgan fingerprint density at radius 1 is 1.08 bits per heavy atom. The van der Waals surface area contributed by atoms with Crippen molar-refractivity contribution < 1.29 is 23.4 Å². The summed E-state index contributed by atoms with van der Waals surface area (Å²) in [7, 11) is 4.47. The van der Waals surface area contributed by atoms with Crippen LogP contribution in [0.5, 0.6) is 17.2 Å². The van der Waals surface area contributed by atoms with Crippen molar-refractivity contribution in [2.24, 2.45) is 5.10 Å². The number of hydrogen-bond donors (Lipinski definition) is 1. The quantitative estimate of drug-likeness (QED) is 0.650. The van der Waals surface area contributed by atoms with Gasteiger partial charge in [0, 0.05) is 5.56 Å². The molecule has 0 aliphatic rings. The van der Waals surface area contributed by atoms with Gasteiger partial charge in [-0.25, -0.2) is 5.43 Å². The van der Waals surface area contributed by atoms with Gasteiger partial charge >= 0.3 is 0 Å². The van der Waals surface area contributed by atoms with E-state index in [1.807, 2.05) is 13.0 Å². The molecule has 0 saturated carbocycles. The molecule has 0 bridgehead atoms. The van der Waals surface area contributed by atoms with Crippen LogP contribution in [0.1, 0.15) is 28.8 Å². The maximum absolute atomic E-state index is 12.3. The van der Waals surface area contributed by atoms with Gasteiger partial charge in [0.05, 0.1) is 21.3 Å². The fourth-order valence-electron chi connectivity index (χ4n) is 2.10. The molecule has 0 fully saturated rings. The number of ether oxygens (including phenoxy) is 3. The van der Waals surface area contributed by atoms with Crippen LogP contribution < -0.4 is 19.6 Å². The average molecular weight is 332 g/mol. The van der Waals surface area contributed by atoms with Gasteiger partial charge in [0.25, 0.3) is 5.91 Å². The van der Waals surface area contributed by atoms with Crippen LogP contribution in [0.2, 0.25) is 0 Å². The number of hydrogen-bond acceptors (Lipinski definition) is 6. The van der Waals surface area contributed by atoms with Gasteiger partial charge < -0.3 is 18.6 Å². The first-order valence-corrected chi connectivity index (χ1v) is 7.21. The van der Waals surface area contributed by atoms with E-state index in [0.29, 0.717) is 34.3 Å². The number of furan rings is 1. The zero-order valence-corrected chi connectivity index (χ0v) is 14.3. The molecule has 2 aromatic rings. The zero-order valence-electron chi connectivity index (χ0n) is 14.3. The Bertz CT molecular complexity index is 739. The molecule has 0 saturated heterocycles. The van der Waals surface area contributed by atoms with Gasteiger partial charge in [-0.15, -0.1) is 0 Å². The topological polar surface area (TPSA) is 82.3 Å². The van der Waals surface area contributed by atoms with E-state index in [-0.39, 0.29) is 0 Å². The summed E-state index contributed by atoms with van der Waals surface area (Å²) in [6.07, 6.45) is 0. The van der Waals surface area contributed by atoms with E-state index in [2.05, 4.69) is 10.5 Å². The van der Waals surface area contributed by atoms with Crippen molar-refractivity contribution in [3.05, 3.63) is 41.3 Å². The molecule has 1 aromatic heterocycles. The molecule has 128 valence electrons. The van der Waals surface area contributed by atoms with Crippen LogP contribution in [-0.2, 0) is 0 Å². The Hall–Kier alpha value is -2.96. The van der Waals surface area contributed by atoms with Crippen LogP contribution in [0.3, 0.4) is 0 Å². The molecule has 0 aliphatic heterocycles. The highest BCUT2D eigenvalue weighted by molar-refractivity contribution is 5.99. The van der Waals surface area contributed by atoms with Crippen LogP contribution in [0, 0.1) is 6.92 Å². The molecule has 0 radical (unpaired) electrons. The molecule has 0 aliphatic carbocycles. The van der Waals surface area contributed by atoms with Gasteiger partial charge in [-0.2, -0.15) is 5.10 Å². The maximum atomic E-state index is 12.3. The number of carbonyl (C=O) groups is 1. The summed E-state index contributed by atoms with van der Waals surface area (Å²) in [5.74, 6) is 2.17. The Kier molecular flexibility index (Phi) is 5.47. The largest absolute Gasteiger partial charge is 0.493 e. The lowest BCUT2D eigenvalue weighted by atomic mass is 10.1. The summed E-state index contributed by atoms with van der Waals surface area (Å²) >= 11 is 0. The second-order valence-corrected chi connectivity index (χ2v) is 4.96. The minimum absolute atomic E-state index is 0.330. The monoisotopic (exact) mass is 332 g/mol. The fraction of sp³-hybridized carbons (Fsp3) is 0.294. The molecular formula is C17H20N2O5. The second-order valence-electron chi connectivity index (χ2n) is 4.96. The number of amides is 1. The molecular weight excluding hydrogens is 312 g/mol. The van der Waals surface area contributed by atoms with Crippen LogP contribution >= 0.6 is 0 Å². The summed E-state index contributed by atoms with van der Waals surface area (Å²) < 4.78 is 21.1. The summed E-state index contributed by atoms with van der Waals surface area (Å²) in [5, 5.41) is 4.05. The summed E-state index contributed by atoms with van der Waals surface area (Å²) in [5.41, 5.74) is 3.37. The number of methoxy groups -OCH3 is 3. The first-order valence-electron chi connectivity index (χ1n) is 7.21. The highest BCUT2D eigenvalue weighted by Gasteiger charge is 2.17. The minimum atomic E-state index is -0.406. The lowest BCUT2D eigenvalue weighted by Gasteiger charge is -2.13. The van der Waals surface area contributed by atoms with Gasteiger partial charge in [0.1, 0.15) is 17.2 Å². The first-order chi connectivity index (χ1) is 11.5. The molecule has 7 nitrogen and oxygen atoms in total. The third kappa shape index (κ3) is 3.68. The fourth-order valence-corrected chi connectivity index (χ4v) is 2.10. The smallest absolute Gasteiger partial charge is 0.271 e. The van der Waals surface area contributed by atoms with E-state index in [1.165, 1.54) is 21.3 Å². The normalized spacial score (nSPS) is 11.1. The summed E-state index contributed by atoms with van der Waals surface area (Å²) in [6.45, 7) is 3.58. The number of aryl methyl sites for hydroxylation is 1. The number of hydrazone groups is 1. The molecule has 0 unspecified atom stereocenters. The maximum Gasteiger partial charge on any atom is 0.271 e. The van der Waals surface area contributed by atoms with Crippen LogP contribution in [0.15, 0.2) is 33.8 Å². The second kappa shape index (κ2) is 7.54. The third-order valence-corrected chi connectivity index (χ3v) is 3.35. The lowest BCUT2D eigenvalue weighted by molar-refractivity contribution is 0.0954. The zero-order chi connectivity index (χ0) is 17.7. The molecule has 1 N–H and O–H groups in total. The van der Waals surface area contributed by atoms with Crippen molar-refractivity contribution in [3.63, 3.8) is 0 Å². The van der Waals surface area contributed by atoms with E-state index >= 15 is 0 Å². The van der Waals surface area contributed by atoms with E-state index < -0.39 is 5.91 Å². The lowest BCUT2D eigenvalue weighted by Crippen LogP contribution is -2.19. The van der Waals surface area contributed by atoms with E-state index in [0.717, 1.165) is 5.76 Å². The van der Waals surface area contributed by atoms with Crippen LogP contribution in [0.4, 0.5) is 0 Å². The number of benzene rings is 1. The third-order valence-electron chi connectivity index (χ3n) is 3.35. The molecule has 1 amide bonds. The van der Waals surface area contributed by atoms with Gasteiger partial charge in [-0.3, -0.25) is 4.79 Å². The number of nitrogens with one attached hydrogen (secondary N) is 1. The van der Waals surface area contributed by atoms with E-state index in [1.54, 1.807) is 25.1 Å². The van der Waals surface area contributed by atoms with E-state index in [4.69, 9.17) is 18.6 Å².